The Kier molecular flexibility index (Phi) is 5.31. The van der Waals surface area contributed by atoms with Crippen molar-refractivity contribution in [3.8, 4) is 11.3 Å². The Morgan fingerprint density at radius 3 is 2.72 bits per heavy atom. The van der Waals surface area contributed by atoms with Crippen LogP contribution in [0.5, 0.6) is 0 Å². The number of nitrogens with zero attached hydrogens (tertiary/aromatic N) is 2. The number of rotatable bonds is 6. The standard InChI is InChI=1S/C22H17N3O3S/c26-20(24-13-14-4-3-5-16(10-14)22(27)28)12-21-25-18-8-7-15(11-19(18)29-21)17-6-1-2-9-23-17/h1-11H,12-13H2,(H,24,26)(H,27,28). The molecule has 0 aliphatic rings. The fourth-order valence-corrected chi connectivity index (χ4v) is 3.96. The zero-order chi connectivity index (χ0) is 20.2. The highest BCUT2D eigenvalue weighted by atomic mass is 32.1. The highest BCUT2D eigenvalue weighted by Crippen LogP contribution is 2.27. The lowest BCUT2D eigenvalue weighted by atomic mass is 10.1. The predicted octanol–water partition coefficient (Wildman–Crippen LogP) is 3.92. The fourth-order valence-electron chi connectivity index (χ4n) is 2.96. The van der Waals surface area contributed by atoms with Gasteiger partial charge in [-0.25, -0.2) is 9.78 Å². The predicted molar refractivity (Wildman–Crippen MR) is 112 cm³/mol. The van der Waals surface area contributed by atoms with E-state index in [9.17, 15) is 9.59 Å². The molecule has 0 fully saturated rings. The van der Waals surface area contributed by atoms with Crippen LogP contribution in [0.1, 0.15) is 20.9 Å². The second-order valence-electron chi connectivity index (χ2n) is 6.46. The van der Waals surface area contributed by atoms with Crippen molar-refractivity contribution in [1.82, 2.24) is 15.3 Å². The van der Waals surface area contributed by atoms with Gasteiger partial charge in [-0.15, -0.1) is 11.3 Å². The Morgan fingerprint density at radius 2 is 1.93 bits per heavy atom. The van der Waals surface area contributed by atoms with Crippen LogP contribution in [0.25, 0.3) is 21.5 Å². The van der Waals surface area contributed by atoms with E-state index in [0.717, 1.165) is 32.0 Å². The van der Waals surface area contributed by atoms with Crippen LogP contribution in [-0.4, -0.2) is 27.0 Å². The summed E-state index contributed by atoms with van der Waals surface area (Å²) in [5, 5.41) is 12.6. The minimum absolute atomic E-state index is 0.158. The summed E-state index contributed by atoms with van der Waals surface area (Å²) in [6, 6.07) is 18.3. The number of fused-ring (bicyclic) bond motifs is 1. The molecule has 4 aromatic rings. The van der Waals surface area contributed by atoms with Gasteiger partial charge in [0.1, 0.15) is 5.01 Å². The molecular formula is C22H17N3O3S. The lowest BCUT2D eigenvalue weighted by Gasteiger charge is -2.05. The minimum Gasteiger partial charge on any atom is -0.478 e. The van der Waals surface area contributed by atoms with Crippen LogP contribution in [0.15, 0.2) is 66.9 Å². The number of aromatic nitrogens is 2. The van der Waals surface area contributed by atoms with Gasteiger partial charge in [0.25, 0.3) is 0 Å². The maximum atomic E-state index is 12.3. The molecule has 0 atom stereocenters. The molecular weight excluding hydrogens is 386 g/mol. The molecule has 0 aliphatic carbocycles. The van der Waals surface area contributed by atoms with E-state index in [2.05, 4.69) is 15.3 Å². The van der Waals surface area contributed by atoms with E-state index in [1.54, 1.807) is 24.4 Å². The highest BCUT2D eigenvalue weighted by molar-refractivity contribution is 7.18. The first-order chi connectivity index (χ1) is 14.1. The summed E-state index contributed by atoms with van der Waals surface area (Å²) < 4.78 is 1.00. The van der Waals surface area contributed by atoms with Crippen LogP contribution < -0.4 is 5.32 Å². The summed E-state index contributed by atoms with van der Waals surface area (Å²) in [5.74, 6) is -1.15. The molecule has 4 rings (SSSR count). The molecule has 0 unspecified atom stereocenters. The van der Waals surface area contributed by atoms with Gasteiger partial charge >= 0.3 is 5.97 Å². The number of thiazole rings is 1. The van der Waals surface area contributed by atoms with E-state index in [-0.39, 0.29) is 24.4 Å². The van der Waals surface area contributed by atoms with Crippen LogP contribution in [0.3, 0.4) is 0 Å². The normalized spacial score (nSPS) is 10.8. The minimum atomic E-state index is -0.988. The average molecular weight is 403 g/mol. The Morgan fingerprint density at radius 1 is 1.03 bits per heavy atom. The summed E-state index contributed by atoms with van der Waals surface area (Å²) in [7, 11) is 0. The number of carboxylic acids is 1. The van der Waals surface area contributed by atoms with Gasteiger partial charge in [0, 0.05) is 18.3 Å². The lowest BCUT2D eigenvalue weighted by molar-refractivity contribution is -0.120. The monoisotopic (exact) mass is 403 g/mol. The number of benzene rings is 2. The maximum Gasteiger partial charge on any atom is 0.335 e. The summed E-state index contributed by atoms with van der Waals surface area (Å²) in [6.07, 6.45) is 1.94. The lowest BCUT2D eigenvalue weighted by Crippen LogP contribution is -2.24. The average Bonchev–Trinajstić information content (AvgIpc) is 3.14. The Balaban J connectivity index is 1.43. The fraction of sp³-hybridized carbons (Fsp3) is 0.0909. The third-order valence-electron chi connectivity index (χ3n) is 4.37. The third-order valence-corrected chi connectivity index (χ3v) is 5.39. The third kappa shape index (κ3) is 4.47. The van der Waals surface area contributed by atoms with Gasteiger partial charge in [0.05, 0.1) is 27.9 Å². The van der Waals surface area contributed by atoms with Crippen molar-refractivity contribution < 1.29 is 14.7 Å². The highest BCUT2D eigenvalue weighted by Gasteiger charge is 2.11. The largest absolute Gasteiger partial charge is 0.478 e. The molecule has 6 nitrogen and oxygen atoms in total. The van der Waals surface area contributed by atoms with Crippen LogP contribution in [-0.2, 0) is 17.8 Å². The van der Waals surface area contributed by atoms with Gasteiger partial charge in [0.2, 0.25) is 5.91 Å². The molecule has 0 spiro atoms. The molecule has 2 aromatic carbocycles. The number of hydrogen-bond donors (Lipinski definition) is 2. The number of nitrogens with one attached hydrogen (secondary N) is 1. The van der Waals surface area contributed by atoms with E-state index in [1.807, 2.05) is 36.4 Å². The van der Waals surface area contributed by atoms with Crippen LogP contribution >= 0.6 is 11.3 Å². The molecule has 0 saturated heterocycles. The first-order valence-electron chi connectivity index (χ1n) is 8.98. The second-order valence-corrected chi connectivity index (χ2v) is 7.58. The van der Waals surface area contributed by atoms with E-state index in [1.165, 1.54) is 17.4 Å². The molecule has 2 heterocycles. The number of amides is 1. The number of carbonyl (C=O) groups is 2. The van der Waals surface area contributed by atoms with Crippen LogP contribution in [0, 0.1) is 0 Å². The summed E-state index contributed by atoms with van der Waals surface area (Å²) in [4.78, 5) is 32.2. The summed E-state index contributed by atoms with van der Waals surface area (Å²) in [6.45, 7) is 0.272. The number of pyridine rings is 1. The Labute approximate surface area is 170 Å². The van der Waals surface area contributed by atoms with Crippen molar-refractivity contribution in [2.24, 2.45) is 0 Å². The van der Waals surface area contributed by atoms with Crippen LogP contribution in [0.2, 0.25) is 0 Å². The van der Waals surface area contributed by atoms with Crippen molar-refractivity contribution in [1.29, 1.82) is 0 Å². The van der Waals surface area contributed by atoms with Gasteiger partial charge < -0.3 is 10.4 Å². The van der Waals surface area contributed by atoms with Crippen molar-refractivity contribution in [3.05, 3.63) is 83.0 Å². The molecule has 7 heteroatoms. The quantitative estimate of drug-likeness (QED) is 0.509. The first kappa shape index (κ1) is 18.8. The molecule has 0 aliphatic heterocycles. The molecule has 0 radical (unpaired) electrons. The topological polar surface area (TPSA) is 92.2 Å². The van der Waals surface area contributed by atoms with E-state index in [4.69, 9.17) is 5.11 Å². The van der Waals surface area contributed by atoms with Crippen molar-refractivity contribution >= 4 is 33.4 Å². The molecule has 29 heavy (non-hydrogen) atoms. The van der Waals surface area contributed by atoms with Crippen molar-refractivity contribution in [3.63, 3.8) is 0 Å². The number of hydrogen-bond acceptors (Lipinski definition) is 5. The first-order valence-corrected chi connectivity index (χ1v) is 9.80. The summed E-state index contributed by atoms with van der Waals surface area (Å²) >= 11 is 1.49. The van der Waals surface area contributed by atoms with Gasteiger partial charge in [-0.05, 0) is 42.0 Å². The van der Waals surface area contributed by atoms with Gasteiger partial charge in [0.15, 0.2) is 0 Å². The number of carboxylic acid groups (broad SMARTS) is 1. The zero-order valence-electron chi connectivity index (χ0n) is 15.3. The van der Waals surface area contributed by atoms with E-state index < -0.39 is 5.97 Å². The maximum absolute atomic E-state index is 12.3. The molecule has 2 N–H and O–H groups in total. The van der Waals surface area contributed by atoms with E-state index >= 15 is 0 Å². The van der Waals surface area contributed by atoms with E-state index in [0.29, 0.717) is 0 Å². The van der Waals surface area contributed by atoms with Crippen molar-refractivity contribution in [2.75, 3.05) is 0 Å². The van der Waals surface area contributed by atoms with Gasteiger partial charge in [-0.2, -0.15) is 0 Å². The Hall–Kier alpha value is -3.58. The SMILES string of the molecule is O=C(Cc1nc2ccc(-c3ccccn3)cc2s1)NCc1cccc(C(=O)O)c1. The van der Waals surface area contributed by atoms with Crippen molar-refractivity contribution in [2.45, 2.75) is 13.0 Å². The van der Waals surface area contributed by atoms with Gasteiger partial charge in [-0.1, -0.05) is 24.3 Å². The molecule has 0 saturated carbocycles. The molecule has 144 valence electrons. The smallest absolute Gasteiger partial charge is 0.335 e. The summed E-state index contributed by atoms with van der Waals surface area (Å²) in [5.41, 5.74) is 3.70. The van der Waals surface area contributed by atoms with Gasteiger partial charge in [-0.3, -0.25) is 9.78 Å². The number of aromatic carboxylic acids is 1. The Bertz CT molecular complexity index is 1190. The second kappa shape index (κ2) is 8.20. The number of carbonyl (C=O) groups excluding carboxylic acids is 1. The zero-order valence-corrected chi connectivity index (χ0v) is 16.1. The molecule has 1 amide bonds. The molecule has 2 aromatic heterocycles. The van der Waals surface area contributed by atoms with Crippen LogP contribution in [0.4, 0.5) is 0 Å². The molecule has 0 bridgehead atoms.